The van der Waals surface area contributed by atoms with E-state index < -0.39 is 21.5 Å². The molecule has 0 fully saturated rings. The van der Waals surface area contributed by atoms with Gasteiger partial charge in [-0.1, -0.05) is 36.4 Å². The highest BCUT2D eigenvalue weighted by atomic mass is 32.2. The molecule has 0 spiro atoms. The Kier molecular flexibility index (Phi) is 5.14. The quantitative estimate of drug-likeness (QED) is 0.704. The molecule has 0 saturated heterocycles. The van der Waals surface area contributed by atoms with E-state index in [0.29, 0.717) is 18.5 Å². The minimum atomic E-state index is -3.45. The Morgan fingerprint density at radius 1 is 1.08 bits per heavy atom. The SMILES string of the molecule is O=C(CS(=O)(=O)CCCc1ccccc1)Nc1cnn2ccccc12. The summed E-state index contributed by atoms with van der Waals surface area (Å²) in [6, 6.07) is 15.1. The standard InChI is InChI=1S/C18H19N3O3S/c22-18(20-16-13-19-21-11-5-4-10-17(16)21)14-25(23,24)12-6-9-15-7-2-1-3-8-15/h1-5,7-8,10-11,13H,6,9,12,14H2,(H,20,22). The van der Waals surface area contributed by atoms with Crippen molar-refractivity contribution in [1.29, 1.82) is 0 Å². The summed E-state index contributed by atoms with van der Waals surface area (Å²) in [5.74, 6) is -1.07. The van der Waals surface area contributed by atoms with Gasteiger partial charge in [-0.05, 0) is 30.5 Å². The molecule has 2 aromatic heterocycles. The van der Waals surface area contributed by atoms with Crippen molar-refractivity contribution in [1.82, 2.24) is 9.61 Å². The van der Waals surface area contributed by atoms with Crippen molar-refractivity contribution in [2.45, 2.75) is 12.8 Å². The maximum absolute atomic E-state index is 12.1. The molecule has 6 nitrogen and oxygen atoms in total. The van der Waals surface area contributed by atoms with Crippen molar-refractivity contribution in [3.8, 4) is 0 Å². The highest BCUT2D eigenvalue weighted by Gasteiger charge is 2.17. The summed E-state index contributed by atoms with van der Waals surface area (Å²) in [4.78, 5) is 12.1. The van der Waals surface area contributed by atoms with Crippen molar-refractivity contribution in [2.24, 2.45) is 0 Å². The number of carbonyl (C=O) groups excluding carboxylic acids is 1. The fourth-order valence-corrected chi connectivity index (χ4v) is 3.83. The molecule has 1 aromatic carbocycles. The van der Waals surface area contributed by atoms with E-state index in [0.717, 1.165) is 11.1 Å². The molecule has 25 heavy (non-hydrogen) atoms. The molecule has 7 heteroatoms. The summed E-state index contributed by atoms with van der Waals surface area (Å²) >= 11 is 0. The van der Waals surface area contributed by atoms with Crippen molar-refractivity contribution >= 4 is 26.9 Å². The van der Waals surface area contributed by atoms with E-state index >= 15 is 0 Å². The molecular formula is C18H19N3O3S. The molecule has 1 N–H and O–H groups in total. The number of pyridine rings is 1. The predicted octanol–water partition coefficient (Wildman–Crippen LogP) is 2.32. The zero-order valence-corrected chi connectivity index (χ0v) is 14.4. The zero-order chi connectivity index (χ0) is 17.7. The maximum atomic E-state index is 12.1. The molecule has 0 unspecified atom stereocenters. The van der Waals surface area contributed by atoms with Crippen LogP contribution in [0.2, 0.25) is 0 Å². The van der Waals surface area contributed by atoms with E-state index in [4.69, 9.17) is 0 Å². The molecule has 0 saturated carbocycles. The molecule has 0 aliphatic carbocycles. The summed E-state index contributed by atoms with van der Waals surface area (Å²) < 4.78 is 25.9. The highest BCUT2D eigenvalue weighted by Crippen LogP contribution is 2.15. The van der Waals surface area contributed by atoms with Crippen molar-refractivity contribution in [2.75, 3.05) is 16.8 Å². The summed E-state index contributed by atoms with van der Waals surface area (Å²) in [5, 5.41) is 6.73. The third-order valence-electron chi connectivity index (χ3n) is 3.82. The Morgan fingerprint density at radius 3 is 2.64 bits per heavy atom. The van der Waals surface area contributed by atoms with Gasteiger partial charge in [0, 0.05) is 6.20 Å². The van der Waals surface area contributed by atoms with Crippen LogP contribution in [-0.4, -0.2) is 35.4 Å². The summed E-state index contributed by atoms with van der Waals surface area (Å²) in [7, 11) is -3.45. The van der Waals surface area contributed by atoms with Crippen LogP contribution in [0, 0.1) is 0 Å². The van der Waals surface area contributed by atoms with Crippen molar-refractivity contribution in [3.05, 3.63) is 66.5 Å². The van der Waals surface area contributed by atoms with Gasteiger partial charge in [-0.15, -0.1) is 0 Å². The molecule has 0 aliphatic heterocycles. The van der Waals surface area contributed by atoms with Crippen LogP contribution in [0.3, 0.4) is 0 Å². The lowest BCUT2D eigenvalue weighted by Crippen LogP contribution is -2.24. The van der Waals surface area contributed by atoms with Crippen LogP contribution in [0.5, 0.6) is 0 Å². The molecule has 3 aromatic rings. The van der Waals surface area contributed by atoms with Crippen LogP contribution >= 0.6 is 0 Å². The van der Waals surface area contributed by atoms with E-state index in [1.54, 1.807) is 16.8 Å². The largest absolute Gasteiger partial charge is 0.322 e. The van der Waals surface area contributed by atoms with Crippen LogP contribution < -0.4 is 5.32 Å². The van der Waals surface area contributed by atoms with Gasteiger partial charge < -0.3 is 5.32 Å². The number of anilines is 1. The average molecular weight is 357 g/mol. The van der Waals surface area contributed by atoms with Gasteiger partial charge in [-0.3, -0.25) is 4.79 Å². The lowest BCUT2D eigenvalue weighted by atomic mass is 10.1. The number of carbonyl (C=O) groups is 1. The Labute approximate surface area is 146 Å². The van der Waals surface area contributed by atoms with Crippen LogP contribution in [-0.2, 0) is 21.1 Å². The van der Waals surface area contributed by atoms with Gasteiger partial charge in [-0.25, -0.2) is 12.9 Å². The van der Waals surface area contributed by atoms with Crippen molar-refractivity contribution in [3.63, 3.8) is 0 Å². The third-order valence-corrected chi connectivity index (χ3v) is 5.43. The number of fused-ring (bicyclic) bond motifs is 1. The molecule has 2 heterocycles. The van der Waals surface area contributed by atoms with Gasteiger partial charge in [-0.2, -0.15) is 5.10 Å². The number of rotatable bonds is 7. The monoisotopic (exact) mass is 357 g/mol. The number of hydrogen-bond donors (Lipinski definition) is 1. The normalized spacial score (nSPS) is 11.5. The first-order valence-electron chi connectivity index (χ1n) is 8.00. The second kappa shape index (κ2) is 7.48. The van der Waals surface area contributed by atoms with Gasteiger partial charge in [0.2, 0.25) is 5.91 Å². The lowest BCUT2D eigenvalue weighted by molar-refractivity contribution is -0.113. The second-order valence-corrected chi connectivity index (χ2v) is 8.00. The zero-order valence-electron chi connectivity index (χ0n) is 13.6. The number of benzene rings is 1. The smallest absolute Gasteiger partial charge is 0.239 e. The van der Waals surface area contributed by atoms with Gasteiger partial charge in [0.25, 0.3) is 0 Å². The number of sulfone groups is 1. The average Bonchev–Trinajstić information content (AvgIpc) is 2.98. The van der Waals surface area contributed by atoms with Gasteiger partial charge in [0.05, 0.1) is 23.2 Å². The fourth-order valence-electron chi connectivity index (χ4n) is 2.63. The van der Waals surface area contributed by atoms with Crippen LogP contribution in [0.1, 0.15) is 12.0 Å². The van der Waals surface area contributed by atoms with E-state index in [1.807, 2.05) is 42.5 Å². The number of nitrogens with one attached hydrogen (secondary N) is 1. The molecule has 0 atom stereocenters. The molecule has 0 bridgehead atoms. The van der Waals surface area contributed by atoms with Crippen LogP contribution in [0.4, 0.5) is 5.69 Å². The number of nitrogens with zero attached hydrogens (tertiary/aromatic N) is 2. The Morgan fingerprint density at radius 2 is 1.84 bits per heavy atom. The topological polar surface area (TPSA) is 80.5 Å². The Bertz CT molecular complexity index is 965. The van der Waals surface area contributed by atoms with E-state index in [1.165, 1.54) is 6.20 Å². The molecule has 0 aliphatic rings. The van der Waals surface area contributed by atoms with Crippen LogP contribution in [0.15, 0.2) is 60.9 Å². The summed E-state index contributed by atoms with van der Waals surface area (Å²) in [5.41, 5.74) is 2.32. The first-order chi connectivity index (χ1) is 12.0. The molecule has 0 radical (unpaired) electrons. The van der Waals surface area contributed by atoms with E-state index in [2.05, 4.69) is 10.4 Å². The molecular weight excluding hydrogens is 338 g/mol. The minimum Gasteiger partial charge on any atom is -0.322 e. The van der Waals surface area contributed by atoms with E-state index in [9.17, 15) is 13.2 Å². The summed E-state index contributed by atoms with van der Waals surface area (Å²) in [6.45, 7) is 0. The fraction of sp³-hybridized carbons (Fsp3) is 0.222. The summed E-state index contributed by atoms with van der Waals surface area (Å²) in [6.07, 6.45) is 4.44. The minimum absolute atomic E-state index is 0.00985. The van der Waals surface area contributed by atoms with Gasteiger partial charge in [0.1, 0.15) is 5.75 Å². The van der Waals surface area contributed by atoms with E-state index in [-0.39, 0.29) is 5.75 Å². The highest BCUT2D eigenvalue weighted by molar-refractivity contribution is 7.92. The number of amides is 1. The maximum Gasteiger partial charge on any atom is 0.239 e. The molecule has 1 amide bonds. The molecule has 3 rings (SSSR count). The third kappa shape index (κ3) is 4.67. The number of hydrogen-bond acceptors (Lipinski definition) is 4. The van der Waals surface area contributed by atoms with Crippen molar-refractivity contribution < 1.29 is 13.2 Å². The first kappa shape index (κ1) is 17.2. The Balaban J connectivity index is 1.54. The predicted molar refractivity (Wildman–Crippen MR) is 97.2 cm³/mol. The molecule has 130 valence electrons. The number of aromatic nitrogens is 2. The van der Waals surface area contributed by atoms with Gasteiger partial charge in [0.15, 0.2) is 9.84 Å². The first-order valence-corrected chi connectivity index (χ1v) is 9.82. The lowest BCUT2D eigenvalue weighted by Gasteiger charge is -2.06. The van der Waals surface area contributed by atoms with Gasteiger partial charge >= 0.3 is 0 Å². The van der Waals surface area contributed by atoms with Crippen LogP contribution in [0.25, 0.3) is 5.52 Å². The second-order valence-electron chi connectivity index (χ2n) is 5.82. The number of aryl methyl sites for hydroxylation is 1. The Hall–Kier alpha value is -2.67.